The Labute approximate surface area is 265 Å². The monoisotopic (exact) mass is 614 g/mol. The zero-order valence-electron chi connectivity index (χ0n) is 28.0. The van der Waals surface area contributed by atoms with Gasteiger partial charge in [0.25, 0.3) is 0 Å². The average molecular weight is 615 g/mol. The van der Waals surface area contributed by atoms with Crippen molar-refractivity contribution in [3.63, 3.8) is 0 Å². The molecule has 2 aromatic rings. The normalized spacial score (nSPS) is 28.4. The molecule has 0 heterocycles. The lowest BCUT2D eigenvalue weighted by molar-refractivity contribution is -0.178. The van der Waals surface area contributed by atoms with Gasteiger partial charge in [0, 0.05) is 27.9 Å². The second-order valence-corrected chi connectivity index (χ2v) is 15.7. The zero-order chi connectivity index (χ0) is 33.8. The molecule has 0 bridgehead atoms. The fraction of sp³-hybridized carbons (Fsp3) is 0.500. The van der Waals surface area contributed by atoms with Crippen LogP contribution >= 0.6 is 0 Å². The van der Waals surface area contributed by atoms with Gasteiger partial charge in [0.05, 0.1) is 5.56 Å². The molecule has 0 aromatic heterocycles. The van der Waals surface area contributed by atoms with Crippen LogP contribution in [0.2, 0.25) is 0 Å². The summed E-state index contributed by atoms with van der Waals surface area (Å²) in [6.45, 7) is 18.6. The standard InChI is InChI=1S/C38H46O7/c1-18(2)23-15-24(21-11-13-22(14-12-21)35(6,7)8)30(40)27-25(23)16-36(9)17-37(10)28(19(3)4)31(41)26(20(5)39)33(43)38(37,45)34(44)29(36)32(27)42/h11-15,18-19,28,40,42-43,45H,16-17H2,1-10H3/t28?,36-,37-,38+/m1/s1. The first kappa shape index (κ1) is 32.7. The highest BCUT2D eigenvalue weighted by atomic mass is 16.3. The molecule has 0 radical (unpaired) electrons. The number of allylic oxidation sites excluding steroid dienone is 1. The number of hydrogen-bond donors (Lipinski definition) is 4. The van der Waals surface area contributed by atoms with E-state index in [-0.39, 0.29) is 47.0 Å². The molecule has 1 fully saturated rings. The average Bonchev–Trinajstić information content (AvgIpc) is 2.89. The summed E-state index contributed by atoms with van der Waals surface area (Å²) in [5, 5.41) is 47.6. The summed E-state index contributed by atoms with van der Waals surface area (Å²) in [5.41, 5.74) is -1.81. The molecule has 0 aliphatic heterocycles. The number of carbonyl (C=O) groups is 3. The molecule has 1 saturated carbocycles. The van der Waals surface area contributed by atoms with E-state index in [2.05, 4.69) is 20.8 Å². The number of aliphatic hydroxyl groups excluding tert-OH is 2. The molecule has 4 atom stereocenters. The summed E-state index contributed by atoms with van der Waals surface area (Å²) >= 11 is 0. The summed E-state index contributed by atoms with van der Waals surface area (Å²) in [5.74, 6) is -5.20. The number of phenolic OH excluding ortho intramolecular Hbond substituents is 1. The molecular weight excluding hydrogens is 568 g/mol. The minimum atomic E-state index is -2.63. The summed E-state index contributed by atoms with van der Waals surface area (Å²) < 4.78 is 0. The van der Waals surface area contributed by atoms with E-state index in [4.69, 9.17) is 0 Å². The van der Waals surface area contributed by atoms with Crippen molar-refractivity contribution in [3.8, 4) is 16.9 Å². The van der Waals surface area contributed by atoms with Crippen molar-refractivity contribution < 1.29 is 34.8 Å². The first-order chi connectivity index (χ1) is 20.6. The number of carbonyl (C=O) groups excluding carboxylic acids is 3. The Bertz CT molecular complexity index is 1720. The lowest BCUT2D eigenvalue weighted by atomic mass is 9.43. The van der Waals surface area contributed by atoms with Crippen molar-refractivity contribution in [2.75, 3.05) is 0 Å². The van der Waals surface area contributed by atoms with Crippen LogP contribution in [0, 0.1) is 22.7 Å². The van der Waals surface area contributed by atoms with Crippen LogP contribution in [0.3, 0.4) is 0 Å². The zero-order valence-corrected chi connectivity index (χ0v) is 28.0. The number of hydrogen-bond acceptors (Lipinski definition) is 7. The van der Waals surface area contributed by atoms with Crippen molar-refractivity contribution >= 4 is 23.1 Å². The first-order valence-electron chi connectivity index (χ1n) is 15.8. The van der Waals surface area contributed by atoms with Crippen LogP contribution in [-0.2, 0) is 26.2 Å². The topological polar surface area (TPSA) is 132 Å². The van der Waals surface area contributed by atoms with E-state index in [1.54, 1.807) is 20.8 Å². The maximum atomic E-state index is 14.6. The SMILES string of the molecule is CC(=O)C1=C(O)[C@]2(O)C(=O)C3=C(O)c4c(O)c(-c5ccc(C(C)(C)C)cc5)cc(C(C)C)c4C[C@]3(C)C[C@]2(C)C(C(C)C)C1=O. The number of aromatic hydroxyl groups is 1. The Balaban J connectivity index is 1.81. The van der Waals surface area contributed by atoms with Gasteiger partial charge in [-0.3, -0.25) is 14.4 Å². The predicted molar refractivity (Wildman–Crippen MR) is 174 cm³/mol. The van der Waals surface area contributed by atoms with Gasteiger partial charge in [-0.15, -0.1) is 0 Å². The van der Waals surface area contributed by atoms with Crippen LogP contribution in [0.15, 0.2) is 47.2 Å². The summed E-state index contributed by atoms with van der Waals surface area (Å²) in [6.07, 6.45) is 0.325. The lowest BCUT2D eigenvalue weighted by Gasteiger charge is -2.59. The van der Waals surface area contributed by atoms with Crippen LogP contribution in [0.25, 0.3) is 16.9 Å². The molecule has 5 rings (SSSR count). The Morgan fingerprint density at radius 3 is 2.04 bits per heavy atom. The van der Waals surface area contributed by atoms with E-state index in [1.165, 1.54) is 0 Å². The number of benzene rings is 2. The van der Waals surface area contributed by atoms with Crippen molar-refractivity contribution in [3.05, 3.63) is 69.5 Å². The Morgan fingerprint density at radius 1 is 0.978 bits per heavy atom. The van der Waals surface area contributed by atoms with Gasteiger partial charge in [0.2, 0.25) is 5.78 Å². The maximum Gasteiger partial charge on any atom is 0.203 e. The first-order valence-corrected chi connectivity index (χ1v) is 15.8. The third-order valence-corrected chi connectivity index (χ3v) is 10.7. The quantitative estimate of drug-likeness (QED) is 0.266. The molecule has 7 nitrogen and oxygen atoms in total. The van der Waals surface area contributed by atoms with E-state index in [0.717, 1.165) is 23.6 Å². The number of Topliss-reactive ketones (excluding diaryl/α,β-unsaturated/α-hetero) is 3. The van der Waals surface area contributed by atoms with Gasteiger partial charge in [-0.05, 0) is 65.3 Å². The molecule has 4 N–H and O–H groups in total. The number of ketones is 3. The van der Waals surface area contributed by atoms with Gasteiger partial charge in [-0.2, -0.15) is 0 Å². The van der Waals surface area contributed by atoms with E-state index in [0.29, 0.717) is 11.1 Å². The Hall–Kier alpha value is -3.71. The molecule has 0 saturated heterocycles. The molecular formula is C38H46O7. The molecule has 240 valence electrons. The predicted octanol–water partition coefficient (Wildman–Crippen LogP) is 7.28. The van der Waals surface area contributed by atoms with Gasteiger partial charge in [0.1, 0.15) is 22.8 Å². The maximum absolute atomic E-state index is 14.6. The van der Waals surface area contributed by atoms with Crippen LogP contribution in [-0.4, -0.2) is 43.4 Å². The molecule has 2 aromatic carbocycles. The van der Waals surface area contributed by atoms with Crippen molar-refractivity contribution in [2.45, 2.75) is 99.0 Å². The highest BCUT2D eigenvalue weighted by Crippen LogP contribution is 2.65. The van der Waals surface area contributed by atoms with Gasteiger partial charge in [-0.1, -0.05) is 86.6 Å². The van der Waals surface area contributed by atoms with Gasteiger partial charge in [-0.25, -0.2) is 0 Å². The molecule has 0 amide bonds. The van der Waals surface area contributed by atoms with E-state index in [9.17, 15) is 34.8 Å². The van der Waals surface area contributed by atoms with Crippen molar-refractivity contribution in [1.29, 1.82) is 0 Å². The third-order valence-electron chi connectivity index (χ3n) is 10.7. The molecule has 0 spiro atoms. The molecule has 45 heavy (non-hydrogen) atoms. The molecule has 7 heteroatoms. The van der Waals surface area contributed by atoms with Crippen molar-refractivity contribution in [1.82, 2.24) is 0 Å². The highest BCUT2D eigenvalue weighted by Gasteiger charge is 2.72. The summed E-state index contributed by atoms with van der Waals surface area (Å²) in [4.78, 5) is 41.0. The van der Waals surface area contributed by atoms with Gasteiger partial charge >= 0.3 is 0 Å². The van der Waals surface area contributed by atoms with Crippen LogP contribution in [0.4, 0.5) is 0 Å². The number of rotatable bonds is 4. The minimum absolute atomic E-state index is 0.00137. The largest absolute Gasteiger partial charge is 0.508 e. The van der Waals surface area contributed by atoms with Crippen LogP contribution in [0.1, 0.15) is 104 Å². The number of phenols is 1. The molecule has 3 aliphatic carbocycles. The fourth-order valence-corrected chi connectivity index (χ4v) is 8.70. The van der Waals surface area contributed by atoms with Gasteiger partial charge < -0.3 is 20.4 Å². The van der Waals surface area contributed by atoms with E-state index >= 15 is 0 Å². The number of fused-ring (bicyclic) bond motifs is 3. The second-order valence-electron chi connectivity index (χ2n) is 15.7. The molecule has 1 unspecified atom stereocenters. The van der Waals surface area contributed by atoms with Crippen LogP contribution < -0.4 is 0 Å². The van der Waals surface area contributed by atoms with E-state index in [1.807, 2.05) is 51.1 Å². The van der Waals surface area contributed by atoms with E-state index < -0.39 is 56.8 Å². The molecule has 3 aliphatic rings. The van der Waals surface area contributed by atoms with Crippen LogP contribution in [0.5, 0.6) is 5.75 Å². The smallest absolute Gasteiger partial charge is 0.203 e. The van der Waals surface area contributed by atoms with Crippen molar-refractivity contribution in [2.24, 2.45) is 22.7 Å². The lowest BCUT2D eigenvalue weighted by Crippen LogP contribution is -2.69. The fourth-order valence-electron chi connectivity index (χ4n) is 8.70. The highest BCUT2D eigenvalue weighted by molar-refractivity contribution is 6.24. The second kappa shape index (κ2) is 10.1. The van der Waals surface area contributed by atoms with Gasteiger partial charge in [0.15, 0.2) is 17.2 Å². The Morgan fingerprint density at radius 2 is 1.56 bits per heavy atom. The summed E-state index contributed by atoms with van der Waals surface area (Å²) in [7, 11) is 0. The Kier molecular flexibility index (Phi) is 7.37. The number of aliphatic hydroxyl groups is 3. The third kappa shape index (κ3) is 4.37. The summed E-state index contributed by atoms with van der Waals surface area (Å²) in [6, 6.07) is 9.83. The minimum Gasteiger partial charge on any atom is -0.508 e.